The van der Waals surface area contributed by atoms with E-state index in [4.69, 9.17) is 32.7 Å². The molecule has 1 N–H and O–H groups in total. The molecular formula is C23H18Cl2INO3. The number of anilines is 1. The molecule has 3 aromatic carbocycles. The molecule has 3 aromatic rings. The van der Waals surface area contributed by atoms with Gasteiger partial charge >= 0.3 is 0 Å². The number of carbonyl (C=O) groups excluding carboxylic acids is 1. The van der Waals surface area contributed by atoms with Crippen molar-refractivity contribution in [3.05, 3.63) is 91.5 Å². The van der Waals surface area contributed by atoms with Crippen LogP contribution in [0.5, 0.6) is 11.5 Å². The third-order valence-electron chi connectivity index (χ3n) is 4.16. The lowest BCUT2D eigenvalue weighted by Crippen LogP contribution is -2.07. The topological polar surface area (TPSA) is 47.6 Å². The normalized spacial score (nSPS) is 10.8. The van der Waals surface area contributed by atoms with E-state index >= 15 is 0 Å². The number of hydrogen-bond acceptors (Lipinski definition) is 3. The lowest BCUT2D eigenvalue weighted by Gasteiger charge is -2.13. The van der Waals surface area contributed by atoms with Gasteiger partial charge in [-0.05, 0) is 82.8 Å². The summed E-state index contributed by atoms with van der Waals surface area (Å²) in [7, 11) is 1.56. The van der Waals surface area contributed by atoms with Crippen molar-refractivity contribution in [1.29, 1.82) is 0 Å². The Morgan fingerprint density at radius 2 is 1.73 bits per heavy atom. The van der Waals surface area contributed by atoms with E-state index in [9.17, 15) is 4.79 Å². The average Bonchev–Trinajstić information content (AvgIpc) is 2.74. The van der Waals surface area contributed by atoms with Gasteiger partial charge in [-0.3, -0.25) is 4.79 Å². The average molecular weight is 554 g/mol. The highest BCUT2D eigenvalue weighted by molar-refractivity contribution is 14.1. The fraction of sp³-hybridized carbons (Fsp3) is 0.0870. The van der Waals surface area contributed by atoms with Crippen molar-refractivity contribution in [2.24, 2.45) is 0 Å². The molecule has 4 nitrogen and oxygen atoms in total. The molecule has 0 spiro atoms. The second-order valence-electron chi connectivity index (χ2n) is 6.23. The van der Waals surface area contributed by atoms with Crippen molar-refractivity contribution in [1.82, 2.24) is 0 Å². The maximum Gasteiger partial charge on any atom is 0.248 e. The standard InChI is InChI=1S/C23H18Cl2INO3/c1-29-22-13-15(6-12-23(28)27-17-9-7-16(26)8-10-17)5-11-21(22)30-14-18-19(24)3-2-4-20(18)25/h2-13H,14H2,1H3,(H,27,28). The summed E-state index contributed by atoms with van der Waals surface area (Å²) in [6.07, 6.45) is 3.18. The number of benzene rings is 3. The minimum absolute atomic E-state index is 0.211. The molecule has 0 heterocycles. The highest BCUT2D eigenvalue weighted by atomic mass is 127. The van der Waals surface area contributed by atoms with Gasteiger partial charge in [0.05, 0.1) is 7.11 Å². The van der Waals surface area contributed by atoms with Crippen molar-refractivity contribution in [2.75, 3.05) is 12.4 Å². The van der Waals surface area contributed by atoms with E-state index in [2.05, 4.69) is 27.9 Å². The molecule has 0 bridgehead atoms. The minimum atomic E-state index is -0.219. The Morgan fingerprint density at radius 3 is 2.40 bits per heavy atom. The zero-order chi connectivity index (χ0) is 21.5. The lowest BCUT2D eigenvalue weighted by atomic mass is 10.2. The quantitative estimate of drug-likeness (QED) is 0.257. The molecule has 0 unspecified atom stereocenters. The first-order valence-corrected chi connectivity index (χ1v) is 10.8. The van der Waals surface area contributed by atoms with Crippen LogP contribution in [0.25, 0.3) is 6.08 Å². The van der Waals surface area contributed by atoms with Crippen LogP contribution in [0.2, 0.25) is 10.0 Å². The van der Waals surface area contributed by atoms with E-state index in [0.29, 0.717) is 27.1 Å². The molecule has 1 amide bonds. The van der Waals surface area contributed by atoms with E-state index < -0.39 is 0 Å². The molecule has 0 aliphatic rings. The molecule has 0 aromatic heterocycles. The lowest BCUT2D eigenvalue weighted by molar-refractivity contribution is -0.111. The molecule has 0 aliphatic heterocycles. The number of carbonyl (C=O) groups is 1. The van der Waals surface area contributed by atoms with Crippen molar-refractivity contribution >= 4 is 63.5 Å². The van der Waals surface area contributed by atoms with E-state index in [0.717, 1.165) is 14.8 Å². The number of methoxy groups -OCH3 is 1. The van der Waals surface area contributed by atoms with Crippen molar-refractivity contribution in [3.63, 3.8) is 0 Å². The molecule has 0 radical (unpaired) electrons. The largest absolute Gasteiger partial charge is 0.493 e. The van der Waals surface area contributed by atoms with Gasteiger partial charge in [-0.15, -0.1) is 0 Å². The van der Waals surface area contributed by atoms with Crippen LogP contribution in [-0.4, -0.2) is 13.0 Å². The maximum atomic E-state index is 12.1. The number of hydrogen-bond donors (Lipinski definition) is 1. The maximum absolute atomic E-state index is 12.1. The predicted octanol–water partition coefficient (Wildman–Crippen LogP) is 6.84. The first kappa shape index (κ1) is 22.5. The molecule has 0 atom stereocenters. The fourth-order valence-corrected chi connectivity index (χ4v) is 3.48. The van der Waals surface area contributed by atoms with E-state index in [-0.39, 0.29) is 12.5 Å². The smallest absolute Gasteiger partial charge is 0.248 e. The number of halogens is 3. The third-order valence-corrected chi connectivity index (χ3v) is 5.59. The number of amides is 1. The summed E-state index contributed by atoms with van der Waals surface area (Å²) in [5, 5.41) is 3.90. The Morgan fingerprint density at radius 1 is 1.03 bits per heavy atom. The number of ether oxygens (including phenoxy) is 2. The van der Waals surface area contributed by atoms with Crippen LogP contribution >= 0.6 is 45.8 Å². The van der Waals surface area contributed by atoms with Crippen molar-refractivity contribution in [2.45, 2.75) is 6.61 Å². The summed E-state index contributed by atoms with van der Waals surface area (Å²) in [6, 6.07) is 18.3. The van der Waals surface area contributed by atoms with Gasteiger partial charge in [-0.2, -0.15) is 0 Å². The molecule has 0 aliphatic carbocycles. The van der Waals surface area contributed by atoms with Crippen LogP contribution in [0, 0.1) is 3.57 Å². The van der Waals surface area contributed by atoms with Gasteiger partial charge in [0.25, 0.3) is 0 Å². The van der Waals surface area contributed by atoms with Crippen LogP contribution in [-0.2, 0) is 11.4 Å². The van der Waals surface area contributed by atoms with Crippen LogP contribution in [0.4, 0.5) is 5.69 Å². The van der Waals surface area contributed by atoms with Crippen LogP contribution in [0.3, 0.4) is 0 Å². The van der Waals surface area contributed by atoms with Gasteiger partial charge in [-0.25, -0.2) is 0 Å². The zero-order valence-corrected chi connectivity index (χ0v) is 19.7. The molecule has 0 saturated carbocycles. The molecule has 30 heavy (non-hydrogen) atoms. The van der Waals surface area contributed by atoms with E-state index in [1.165, 1.54) is 6.08 Å². The minimum Gasteiger partial charge on any atom is -0.493 e. The SMILES string of the molecule is COc1cc(C=CC(=O)Nc2ccc(I)cc2)ccc1OCc1c(Cl)cccc1Cl. The first-order valence-electron chi connectivity index (χ1n) is 8.94. The summed E-state index contributed by atoms with van der Waals surface area (Å²) in [5.41, 5.74) is 2.25. The molecular weight excluding hydrogens is 536 g/mol. The van der Waals surface area contributed by atoms with Gasteiger partial charge in [-0.1, -0.05) is 35.3 Å². The van der Waals surface area contributed by atoms with Crippen LogP contribution in [0.15, 0.2) is 66.7 Å². The first-order chi connectivity index (χ1) is 14.5. The van der Waals surface area contributed by atoms with Gasteiger partial charge in [0.2, 0.25) is 5.91 Å². The second-order valence-corrected chi connectivity index (χ2v) is 8.29. The molecule has 0 saturated heterocycles. The summed E-state index contributed by atoms with van der Waals surface area (Å²) in [6.45, 7) is 0.211. The Kier molecular flexibility index (Phi) is 8.01. The van der Waals surface area contributed by atoms with Crippen molar-refractivity contribution in [3.8, 4) is 11.5 Å². The van der Waals surface area contributed by atoms with Crippen molar-refractivity contribution < 1.29 is 14.3 Å². The van der Waals surface area contributed by atoms with E-state index in [1.54, 1.807) is 43.5 Å². The number of rotatable bonds is 7. The third kappa shape index (κ3) is 6.14. The number of nitrogens with one attached hydrogen (secondary N) is 1. The molecule has 0 fully saturated rings. The summed E-state index contributed by atoms with van der Waals surface area (Å²) >= 11 is 14.6. The van der Waals surface area contributed by atoms with Gasteiger partial charge < -0.3 is 14.8 Å². The monoisotopic (exact) mass is 553 g/mol. The molecule has 3 rings (SSSR count). The predicted molar refractivity (Wildman–Crippen MR) is 131 cm³/mol. The molecule has 154 valence electrons. The van der Waals surface area contributed by atoms with Crippen LogP contribution < -0.4 is 14.8 Å². The Hall–Kier alpha value is -2.22. The van der Waals surface area contributed by atoms with Gasteiger partial charge in [0.1, 0.15) is 6.61 Å². The Balaban J connectivity index is 1.66. The van der Waals surface area contributed by atoms with E-state index in [1.807, 2.05) is 30.3 Å². The fourth-order valence-electron chi connectivity index (χ4n) is 2.62. The highest BCUT2D eigenvalue weighted by Gasteiger charge is 2.10. The summed E-state index contributed by atoms with van der Waals surface area (Å²) in [4.78, 5) is 12.1. The Labute approximate surface area is 198 Å². The Bertz CT molecular complexity index is 1050. The second kappa shape index (κ2) is 10.7. The van der Waals surface area contributed by atoms with Crippen LogP contribution in [0.1, 0.15) is 11.1 Å². The highest BCUT2D eigenvalue weighted by Crippen LogP contribution is 2.31. The van der Waals surface area contributed by atoms with Gasteiger partial charge in [0.15, 0.2) is 11.5 Å². The summed E-state index contributed by atoms with van der Waals surface area (Å²) in [5.74, 6) is 0.871. The van der Waals surface area contributed by atoms with Gasteiger partial charge in [0, 0.05) is 30.9 Å². The molecule has 7 heteroatoms. The summed E-state index contributed by atoms with van der Waals surface area (Å²) < 4.78 is 12.4. The zero-order valence-electron chi connectivity index (χ0n) is 16.0.